The zero-order chi connectivity index (χ0) is 31.2. The second-order valence-electron chi connectivity index (χ2n) is 12.1. The molecule has 2 aliphatic heterocycles. The van der Waals surface area contributed by atoms with Gasteiger partial charge in [0, 0.05) is 36.3 Å². The summed E-state index contributed by atoms with van der Waals surface area (Å²) in [6.45, 7) is -0.308. The highest BCUT2D eigenvalue weighted by Gasteiger charge is 2.43. The molecule has 2 aromatic carbocycles. The predicted octanol–water partition coefficient (Wildman–Crippen LogP) is -0.0479. The van der Waals surface area contributed by atoms with Gasteiger partial charge in [0.25, 0.3) is 0 Å². The number of ether oxygens (including phenoxy) is 4. The van der Waals surface area contributed by atoms with Gasteiger partial charge in [-0.25, -0.2) is 0 Å². The molecule has 2 heterocycles. The van der Waals surface area contributed by atoms with Gasteiger partial charge in [0.2, 0.25) is 0 Å². The quantitative estimate of drug-likeness (QED) is 0.178. The Morgan fingerprint density at radius 1 is 0.659 bits per heavy atom. The maximum absolute atomic E-state index is 11.2. The van der Waals surface area contributed by atoms with Crippen LogP contribution in [0.4, 0.5) is 0 Å². The highest BCUT2D eigenvalue weighted by atomic mass is 16.7. The minimum Gasteiger partial charge on any atom is -0.389 e. The van der Waals surface area contributed by atoms with E-state index in [1.807, 2.05) is 65.6 Å². The van der Waals surface area contributed by atoms with E-state index in [4.69, 9.17) is 24.7 Å². The van der Waals surface area contributed by atoms with Crippen LogP contribution < -0.4 is 5.73 Å². The van der Waals surface area contributed by atoms with E-state index in [-0.39, 0.29) is 38.4 Å². The van der Waals surface area contributed by atoms with Crippen molar-refractivity contribution in [3.63, 3.8) is 0 Å². The molecule has 10 atom stereocenters. The lowest BCUT2D eigenvalue weighted by molar-refractivity contribution is -0.285. The Balaban J connectivity index is 1.25. The number of hydrogen-bond donors (Lipinski definition) is 7. The third-order valence-corrected chi connectivity index (χ3v) is 8.86. The molecule has 0 radical (unpaired) electrons. The van der Waals surface area contributed by atoms with Crippen LogP contribution in [0.25, 0.3) is 0 Å². The van der Waals surface area contributed by atoms with Crippen LogP contribution >= 0.6 is 0 Å². The lowest BCUT2D eigenvalue weighted by atomic mass is 9.89. The van der Waals surface area contributed by atoms with Crippen LogP contribution in [-0.2, 0) is 18.9 Å². The SMILES string of the molecule is NC1CCC(N(C[C@H](O)[C@@H](O)[C@@H]2O[C@H](c3ccccc3)OC[C@H]2O)C[C@H](O)[C@@H](O)[C@@H]2O[C@H](c3ccccc3)OC[C@H]2O)CC1. The first-order chi connectivity index (χ1) is 21.2. The first-order valence-corrected chi connectivity index (χ1v) is 15.4. The predicted molar refractivity (Wildman–Crippen MR) is 158 cm³/mol. The van der Waals surface area contributed by atoms with Gasteiger partial charge in [-0.3, -0.25) is 4.90 Å². The van der Waals surface area contributed by atoms with Gasteiger partial charge in [-0.15, -0.1) is 0 Å². The van der Waals surface area contributed by atoms with Crippen molar-refractivity contribution in [1.82, 2.24) is 4.90 Å². The summed E-state index contributed by atoms with van der Waals surface area (Å²) in [5.41, 5.74) is 7.57. The van der Waals surface area contributed by atoms with Crippen molar-refractivity contribution in [3.8, 4) is 0 Å². The second kappa shape index (κ2) is 15.5. The van der Waals surface area contributed by atoms with E-state index >= 15 is 0 Å². The Morgan fingerprint density at radius 2 is 1.07 bits per heavy atom. The molecule has 1 saturated carbocycles. The number of hydrogen-bond acceptors (Lipinski definition) is 12. The largest absolute Gasteiger partial charge is 0.389 e. The summed E-state index contributed by atoms with van der Waals surface area (Å²) in [5, 5.41) is 66.0. The van der Waals surface area contributed by atoms with Gasteiger partial charge in [-0.1, -0.05) is 60.7 Å². The summed E-state index contributed by atoms with van der Waals surface area (Å²) in [4.78, 5) is 1.83. The van der Waals surface area contributed by atoms with Crippen LogP contribution in [0.2, 0.25) is 0 Å². The third kappa shape index (κ3) is 8.21. The smallest absolute Gasteiger partial charge is 0.184 e. The molecule has 0 spiro atoms. The summed E-state index contributed by atoms with van der Waals surface area (Å²) in [6.07, 6.45) is -8.98. The van der Waals surface area contributed by atoms with Gasteiger partial charge in [0.1, 0.15) is 36.6 Å². The molecule has 244 valence electrons. The maximum Gasteiger partial charge on any atom is 0.184 e. The first kappa shape index (κ1) is 33.3. The van der Waals surface area contributed by atoms with Gasteiger partial charge in [-0.05, 0) is 25.7 Å². The van der Waals surface area contributed by atoms with Crippen LogP contribution in [0.3, 0.4) is 0 Å². The Kier molecular flexibility index (Phi) is 11.7. The highest BCUT2D eigenvalue weighted by Crippen LogP contribution is 2.31. The molecule has 44 heavy (non-hydrogen) atoms. The van der Waals surface area contributed by atoms with E-state index in [1.54, 1.807) is 0 Å². The minimum absolute atomic E-state index is 0.0561. The van der Waals surface area contributed by atoms with Crippen molar-refractivity contribution in [2.24, 2.45) is 5.73 Å². The van der Waals surface area contributed by atoms with E-state index in [0.717, 1.165) is 24.0 Å². The number of aliphatic hydroxyl groups is 6. The van der Waals surface area contributed by atoms with Gasteiger partial charge in [0.15, 0.2) is 12.6 Å². The number of rotatable bonds is 11. The molecule has 0 bridgehead atoms. The molecule has 0 amide bonds. The molecule has 3 fully saturated rings. The van der Waals surface area contributed by atoms with Gasteiger partial charge in [-0.2, -0.15) is 0 Å². The van der Waals surface area contributed by atoms with Crippen LogP contribution in [0.15, 0.2) is 60.7 Å². The second-order valence-corrected chi connectivity index (χ2v) is 12.1. The van der Waals surface area contributed by atoms with Crippen molar-refractivity contribution in [3.05, 3.63) is 71.8 Å². The molecule has 2 saturated heterocycles. The zero-order valence-corrected chi connectivity index (χ0v) is 24.7. The lowest BCUT2D eigenvalue weighted by Crippen LogP contribution is -2.58. The summed E-state index contributed by atoms with van der Waals surface area (Å²) < 4.78 is 23.0. The number of aliphatic hydroxyl groups excluding tert-OH is 6. The monoisotopic (exact) mass is 618 g/mol. The molecule has 12 heteroatoms. The molecule has 8 N–H and O–H groups in total. The fraction of sp³-hybridized carbons (Fsp3) is 0.625. The fourth-order valence-electron chi connectivity index (χ4n) is 6.27. The van der Waals surface area contributed by atoms with Crippen molar-refractivity contribution in [2.75, 3.05) is 26.3 Å². The van der Waals surface area contributed by atoms with Crippen LogP contribution in [-0.4, -0.2) is 123 Å². The minimum atomic E-state index is -1.47. The molecule has 12 nitrogen and oxygen atoms in total. The molecular formula is C32H46N2O10. The van der Waals surface area contributed by atoms with E-state index in [9.17, 15) is 30.6 Å². The maximum atomic E-state index is 11.2. The van der Waals surface area contributed by atoms with Gasteiger partial charge >= 0.3 is 0 Å². The van der Waals surface area contributed by atoms with E-state index in [2.05, 4.69) is 0 Å². The number of nitrogens with two attached hydrogens (primary N) is 1. The molecule has 3 aliphatic rings. The Hall–Kier alpha value is -2.04. The Labute approximate surface area is 257 Å². The fourth-order valence-corrected chi connectivity index (χ4v) is 6.27. The summed E-state index contributed by atoms with van der Waals surface area (Å²) in [6, 6.07) is 18.2. The van der Waals surface area contributed by atoms with Crippen molar-refractivity contribution in [1.29, 1.82) is 0 Å². The summed E-state index contributed by atoms with van der Waals surface area (Å²) in [7, 11) is 0. The third-order valence-electron chi connectivity index (χ3n) is 8.86. The standard InChI is InChI=1S/C32H46N2O10/c33-21-11-13-22(14-12-21)34(15-23(35)27(39)29-25(37)17-41-31(43-29)19-7-3-1-4-8-19)16-24(36)28(40)30-26(38)18-42-32(44-30)20-9-5-2-6-10-20/h1-10,21-32,35-40H,11-18,33H2/t21?,22?,23-,24-,25+,26+,27+,28+,29+,30+,31+,32+/m0/s1. The van der Waals surface area contributed by atoms with Gasteiger partial charge < -0.3 is 55.3 Å². The van der Waals surface area contributed by atoms with Crippen molar-refractivity contribution >= 4 is 0 Å². The lowest BCUT2D eigenvalue weighted by Gasteiger charge is -2.43. The Morgan fingerprint density at radius 3 is 1.48 bits per heavy atom. The molecule has 5 rings (SSSR count). The number of benzene rings is 2. The summed E-state index contributed by atoms with van der Waals surface area (Å²) in [5.74, 6) is 0. The average molecular weight is 619 g/mol. The van der Waals surface area contributed by atoms with Crippen molar-refractivity contribution < 1.29 is 49.6 Å². The van der Waals surface area contributed by atoms with Crippen LogP contribution in [0, 0.1) is 0 Å². The Bertz CT molecular complexity index is 1050. The van der Waals surface area contributed by atoms with Gasteiger partial charge in [0.05, 0.1) is 25.4 Å². The molecule has 2 aromatic rings. The topological polar surface area (TPSA) is 188 Å². The zero-order valence-electron chi connectivity index (χ0n) is 24.7. The first-order valence-electron chi connectivity index (χ1n) is 15.4. The van der Waals surface area contributed by atoms with E-state index in [0.29, 0.717) is 12.8 Å². The van der Waals surface area contributed by atoms with Crippen molar-refractivity contribution in [2.45, 2.75) is 99.2 Å². The summed E-state index contributed by atoms with van der Waals surface area (Å²) >= 11 is 0. The molecule has 1 aliphatic carbocycles. The molecule has 0 aromatic heterocycles. The average Bonchev–Trinajstić information content (AvgIpc) is 3.05. The van der Waals surface area contributed by atoms with E-state index in [1.165, 1.54) is 0 Å². The molecular weight excluding hydrogens is 572 g/mol. The van der Waals surface area contributed by atoms with E-state index < -0.39 is 61.4 Å². The normalized spacial score (nSPS) is 34.3. The highest BCUT2D eigenvalue weighted by molar-refractivity contribution is 5.17. The van der Waals surface area contributed by atoms with Crippen LogP contribution in [0.5, 0.6) is 0 Å². The van der Waals surface area contributed by atoms with Crippen LogP contribution in [0.1, 0.15) is 49.4 Å². The molecule has 0 unspecified atom stereocenters. The number of nitrogens with zero attached hydrogens (tertiary/aromatic N) is 1.